The van der Waals surface area contributed by atoms with Crippen LogP contribution in [0.2, 0.25) is 0 Å². The van der Waals surface area contributed by atoms with E-state index in [2.05, 4.69) is 5.32 Å². The molecule has 3 aliphatic rings. The number of nitrogens with zero attached hydrogens (tertiary/aromatic N) is 1. The van der Waals surface area contributed by atoms with Gasteiger partial charge in [-0.2, -0.15) is 0 Å². The molecule has 2 heterocycles. The van der Waals surface area contributed by atoms with Crippen molar-refractivity contribution in [3.05, 3.63) is 24.3 Å². The zero-order chi connectivity index (χ0) is 18.1. The van der Waals surface area contributed by atoms with Crippen molar-refractivity contribution in [1.82, 2.24) is 9.62 Å². The predicted molar refractivity (Wildman–Crippen MR) is 95.6 cm³/mol. The minimum atomic E-state index is -3.08. The molecule has 1 saturated carbocycles. The van der Waals surface area contributed by atoms with Gasteiger partial charge in [-0.1, -0.05) is 12.1 Å². The standard InChI is InChI=1S/C18H24N2O5S/c21-18(17-12-24-15-3-1-2-4-16(15)25-17)19-11-13-7-9-20(10-8-13)26(22,23)14-5-6-14/h1-4,13-14,17H,5-12H2,(H,19,21)/t17-/m1/s1. The fraction of sp³-hybridized carbons (Fsp3) is 0.611. The predicted octanol–water partition coefficient (Wildman–Crippen LogP) is 1.15. The molecule has 1 atom stereocenters. The second kappa shape index (κ2) is 7.08. The summed E-state index contributed by atoms with van der Waals surface area (Å²) in [6, 6.07) is 7.29. The first-order valence-electron chi connectivity index (χ1n) is 9.19. The molecule has 1 N–H and O–H groups in total. The van der Waals surface area contributed by atoms with Gasteiger partial charge in [0.15, 0.2) is 11.5 Å². The molecule has 2 fully saturated rings. The first-order chi connectivity index (χ1) is 12.5. The van der Waals surface area contributed by atoms with Gasteiger partial charge in [0, 0.05) is 19.6 Å². The summed E-state index contributed by atoms with van der Waals surface area (Å²) in [6.45, 7) is 1.84. The molecule has 1 amide bonds. The van der Waals surface area contributed by atoms with Crippen molar-refractivity contribution < 1.29 is 22.7 Å². The maximum absolute atomic E-state index is 12.3. The number of benzene rings is 1. The summed E-state index contributed by atoms with van der Waals surface area (Å²) >= 11 is 0. The Morgan fingerprint density at radius 3 is 2.50 bits per heavy atom. The Labute approximate surface area is 153 Å². The average molecular weight is 380 g/mol. The molecule has 1 aliphatic carbocycles. The van der Waals surface area contributed by atoms with Crippen LogP contribution in [0.25, 0.3) is 0 Å². The van der Waals surface area contributed by atoms with Crippen molar-refractivity contribution in [3.8, 4) is 11.5 Å². The van der Waals surface area contributed by atoms with Crippen molar-refractivity contribution in [3.63, 3.8) is 0 Å². The van der Waals surface area contributed by atoms with Crippen LogP contribution < -0.4 is 14.8 Å². The molecule has 26 heavy (non-hydrogen) atoms. The summed E-state index contributed by atoms with van der Waals surface area (Å²) < 4.78 is 37.4. The largest absolute Gasteiger partial charge is 0.485 e. The van der Waals surface area contributed by atoms with Crippen LogP contribution in [-0.4, -0.2) is 56.2 Å². The molecule has 0 bridgehead atoms. The van der Waals surface area contributed by atoms with Crippen LogP contribution in [0.3, 0.4) is 0 Å². The smallest absolute Gasteiger partial charge is 0.264 e. The molecule has 4 rings (SSSR count). The quantitative estimate of drug-likeness (QED) is 0.828. The molecule has 1 aromatic carbocycles. The highest BCUT2D eigenvalue weighted by Crippen LogP contribution is 2.33. The highest BCUT2D eigenvalue weighted by atomic mass is 32.2. The summed E-state index contributed by atoms with van der Waals surface area (Å²) in [5.41, 5.74) is 0. The number of nitrogens with one attached hydrogen (secondary N) is 1. The van der Waals surface area contributed by atoms with Crippen LogP contribution in [0, 0.1) is 5.92 Å². The van der Waals surface area contributed by atoms with Crippen LogP contribution in [0.15, 0.2) is 24.3 Å². The van der Waals surface area contributed by atoms with Crippen molar-refractivity contribution >= 4 is 15.9 Å². The topological polar surface area (TPSA) is 84.9 Å². The SMILES string of the molecule is O=C(NCC1CCN(S(=O)(=O)C2CC2)CC1)[C@H]1COc2ccccc2O1. The Kier molecular flexibility index (Phi) is 4.79. The number of ether oxygens (including phenoxy) is 2. The van der Waals surface area contributed by atoms with E-state index >= 15 is 0 Å². The van der Waals surface area contributed by atoms with E-state index in [1.807, 2.05) is 18.2 Å². The lowest BCUT2D eigenvalue weighted by atomic mass is 9.98. The molecular formula is C18H24N2O5S. The van der Waals surface area contributed by atoms with E-state index in [-0.39, 0.29) is 17.8 Å². The number of sulfonamides is 1. The van der Waals surface area contributed by atoms with Crippen molar-refractivity contribution in [2.75, 3.05) is 26.2 Å². The number of fused-ring (bicyclic) bond motifs is 1. The molecule has 8 heteroatoms. The van der Waals surface area contributed by atoms with Crippen LogP contribution in [0.5, 0.6) is 11.5 Å². The molecule has 0 radical (unpaired) electrons. The van der Waals surface area contributed by atoms with Gasteiger partial charge in [-0.05, 0) is 43.7 Å². The van der Waals surface area contributed by atoms with E-state index in [9.17, 15) is 13.2 Å². The first-order valence-corrected chi connectivity index (χ1v) is 10.7. The molecule has 142 valence electrons. The lowest BCUT2D eigenvalue weighted by Gasteiger charge is -2.32. The third-order valence-electron chi connectivity index (χ3n) is 5.25. The second-order valence-electron chi connectivity index (χ2n) is 7.20. The number of para-hydroxylation sites is 2. The fourth-order valence-electron chi connectivity index (χ4n) is 3.45. The van der Waals surface area contributed by atoms with Crippen LogP contribution >= 0.6 is 0 Å². The van der Waals surface area contributed by atoms with E-state index in [0.29, 0.717) is 37.1 Å². The maximum Gasteiger partial charge on any atom is 0.264 e. The van der Waals surface area contributed by atoms with Crippen LogP contribution in [0.1, 0.15) is 25.7 Å². The van der Waals surface area contributed by atoms with Gasteiger partial charge in [0.1, 0.15) is 6.61 Å². The van der Waals surface area contributed by atoms with E-state index in [0.717, 1.165) is 25.7 Å². The maximum atomic E-state index is 12.3. The van der Waals surface area contributed by atoms with Crippen molar-refractivity contribution in [2.24, 2.45) is 5.92 Å². The first kappa shape index (κ1) is 17.6. The van der Waals surface area contributed by atoms with Gasteiger partial charge in [-0.3, -0.25) is 4.79 Å². The summed E-state index contributed by atoms with van der Waals surface area (Å²) in [5.74, 6) is 1.34. The Balaban J connectivity index is 1.23. The molecule has 0 unspecified atom stereocenters. The molecular weight excluding hydrogens is 356 g/mol. The third-order valence-corrected chi connectivity index (χ3v) is 7.64. The van der Waals surface area contributed by atoms with Gasteiger partial charge < -0.3 is 14.8 Å². The van der Waals surface area contributed by atoms with Crippen LogP contribution in [-0.2, 0) is 14.8 Å². The summed E-state index contributed by atoms with van der Waals surface area (Å²) in [7, 11) is -3.08. The van der Waals surface area contributed by atoms with Gasteiger partial charge >= 0.3 is 0 Å². The van der Waals surface area contributed by atoms with E-state index in [1.54, 1.807) is 10.4 Å². The number of piperidine rings is 1. The fourth-order valence-corrected chi connectivity index (χ4v) is 5.33. The second-order valence-corrected chi connectivity index (χ2v) is 9.41. The Bertz CT molecular complexity index is 770. The normalized spacial score (nSPS) is 24.2. The monoisotopic (exact) mass is 380 g/mol. The number of amides is 1. The van der Waals surface area contributed by atoms with Crippen LogP contribution in [0.4, 0.5) is 0 Å². The van der Waals surface area contributed by atoms with Gasteiger partial charge in [0.25, 0.3) is 5.91 Å². The highest BCUT2D eigenvalue weighted by Gasteiger charge is 2.41. The van der Waals surface area contributed by atoms with Gasteiger partial charge in [0.05, 0.1) is 5.25 Å². The third kappa shape index (κ3) is 3.66. The van der Waals surface area contributed by atoms with Crippen molar-refractivity contribution in [2.45, 2.75) is 37.0 Å². The van der Waals surface area contributed by atoms with Gasteiger partial charge in [-0.25, -0.2) is 12.7 Å². The summed E-state index contributed by atoms with van der Waals surface area (Å²) in [6.07, 6.45) is 2.49. The lowest BCUT2D eigenvalue weighted by Crippen LogP contribution is -2.47. The number of carbonyl (C=O) groups is 1. The number of rotatable bonds is 5. The number of hydrogen-bond acceptors (Lipinski definition) is 5. The lowest BCUT2D eigenvalue weighted by molar-refractivity contribution is -0.130. The number of carbonyl (C=O) groups excluding carboxylic acids is 1. The minimum Gasteiger partial charge on any atom is -0.485 e. The molecule has 1 saturated heterocycles. The van der Waals surface area contributed by atoms with Gasteiger partial charge in [0.2, 0.25) is 16.1 Å². The molecule has 1 aromatic rings. The van der Waals surface area contributed by atoms with E-state index in [4.69, 9.17) is 9.47 Å². The minimum absolute atomic E-state index is 0.148. The van der Waals surface area contributed by atoms with Gasteiger partial charge in [-0.15, -0.1) is 0 Å². The summed E-state index contributed by atoms with van der Waals surface area (Å²) in [4.78, 5) is 12.3. The Hall–Kier alpha value is -1.80. The molecule has 0 aromatic heterocycles. The zero-order valence-electron chi connectivity index (χ0n) is 14.6. The zero-order valence-corrected chi connectivity index (χ0v) is 15.4. The van der Waals surface area contributed by atoms with E-state index < -0.39 is 16.1 Å². The Morgan fingerprint density at radius 1 is 1.12 bits per heavy atom. The highest BCUT2D eigenvalue weighted by molar-refractivity contribution is 7.90. The Morgan fingerprint density at radius 2 is 1.81 bits per heavy atom. The molecule has 7 nitrogen and oxygen atoms in total. The molecule has 2 aliphatic heterocycles. The average Bonchev–Trinajstić information content (AvgIpc) is 3.52. The summed E-state index contributed by atoms with van der Waals surface area (Å²) in [5, 5.41) is 2.78. The number of hydrogen-bond donors (Lipinski definition) is 1. The molecule has 0 spiro atoms. The van der Waals surface area contributed by atoms with Crippen molar-refractivity contribution in [1.29, 1.82) is 0 Å². The van der Waals surface area contributed by atoms with E-state index in [1.165, 1.54) is 0 Å².